The highest BCUT2D eigenvalue weighted by Crippen LogP contribution is 2.22. The molecular weight excluding hydrogens is 200 g/mol. The van der Waals surface area contributed by atoms with Gasteiger partial charge in [0.2, 0.25) is 5.91 Å². The van der Waals surface area contributed by atoms with E-state index < -0.39 is 0 Å². The third-order valence-electron chi connectivity index (χ3n) is 3.83. The second-order valence-electron chi connectivity index (χ2n) is 5.44. The molecule has 2 atom stereocenters. The van der Waals surface area contributed by atoms with Gasteiger partial charge >= 0.3 is 0 Å². The highest BCUT2D eigenvalue weighted by molar-refractivity contribution is 5.78. The summed E-state index contributed by atoms with van der Waals surface area (Å²) in [4.78, 5) is 11.6. The lowest BCUT2D eigenvalue weighted by Gasteiger charge is -2.22. The van der Waals surface area contributed by atoms with E-state index >= 15 is 0 Å². The van der Waals surface area contributed by atoms with Crippen LogP contribution in [-0.4, -0.2) is 24.5 Å². The van der Waals surface area contributed by atoms with Crippen molar-refractivity contribution in [3.63, 3.8) is 0 Å². The molecule has 2 saturated carbocycles. The molecule has 92 valence electrons. The van der Waals surface area contributed by atoms with Crippen LogP contribution in [0.3, 0.4) is 0 Å². The molecule has 0 aromatic heterocycles. The van der Waals surface area contributed by atoms with Crippen molar-refractivity contribution in [3.8, 4) is 0 Å². The maximum atomic E-state index is 11.6. The fourth-order valence-corrected chi connectivity index (χ4v) is 2.53. The molecular formula is C13H24N2O. The minimum Gasteiger partial charge on any atom is -0.352 e. The summed E-state index contributed by atoms with van der Waals surface area (Å²) in [5.74, 6) is 0.898. The predicted octanol–water partition coefficient (Wildman–Crippen LogP) is 1.82. The Morgan fingerprint density at radius 2 is 1.88 bits per heavy atom. The van der Waals surface area contributed by atoms with Crippen LogP contribution in [0.25, 0.3) is 0 Å². The van der Waals surface area contributed by atoms with Crippen LogP contribution in [-0.2, 0) is 4.79 Å². The first-order chi connectivity index (χ1) is 7.75. The van der Waals surface area contributed by atoms with Crippen LogP contribution in [0.5, 0.6) is 0 Å². The molecule has 0 heterocycles. The molecule has 1 amide bonds. The molecule has 3 heteroatoms. The summed E-state index contributed by atoms with van der Waals surface area (Å²) in [5.41, 5.74) is 0. The lowest BCUT2D eigenvalue weighted by Crippen LogP contribution is -2.42. The second-order valence-corrected chi connectivity index (χ2v) is 5.44. The first-order valence-corrected chi connectivity index (χ1v) is 6.78. The Kier molecular flexibility index (Phi) is 4.22. The summed E-state index contributed by atoms with van der Waals surface area (Å²) in [6, 6.07) is 1.04. The van der Waals surface area contributed by atoms with Gasteiger partial charge in [0.15, 0.2) is 0 Å². The number of carbonyl (C=O) groups excluding carboxylic acids is 1. The lowest BCUT2D eigenvalue weighted by molar-refractivity contribution is -0.120. The number of hydrogen-bond donors (Lipinski definition) is 2. The minimum absolute atomic E-state index is 0.180. The molecule has 2 aliphatic carbocycles. The average molecular weight is 224 g/mol. The molecule has 0 aromatic carbocycles. The van der Waals surface area contributed by atoms with Crippen LogP contribution >= 0.6 is 0 Å². The van der Waals surface area contributed by atoms with E-state index in [2.05, 4.69) is 17.6 Å². The zero-order valence-corrected chi connectivity index (χ0v) is 10.3. The number of rotatable bonds is 4. The Labute approximate surface area is 98.4 Å². The largest absolute Gasteiger partial charge is 0.352 e. The van der Waals surface area contributed by atoms with Gasteiger partial charge in [0.1, 0.15) is 0 Å². The zero-order valence-electron chi connectivity index (χ0n) is 10.3. The molecule has 2 unspecified atom stereocenters. The molecule has 2 aliphatic rings. The van der Waals surface area contributed by atoms with Crippen molar-refractivity contribution in [2.24, 2.45) is 5.92 Å². The van der Waals surface area contributed by atoms with Gasteiger partial charge in [0.05, 0.1) is 6.54 Å². The van der Waals surface area contributed by atoms with E-state index in [1.165, 1.54) is 44.9 Å². The van der Waals surface area contributed by atoms with Gasteiger partial charge in [-0.2, -0.15) is 0 Å². The summed E-state index contributed by atoms with van der Waals surface area (Å²) in [6.45, 7) is 2.81. The van der Waals surface area contributed by atoms with Crippen molar-refractivity contribution < 1.29 is 4.79 Å². The maximum absolute atomic E-state index is 11.6. The first kappa shape index (κ1) is 11.9. The van der Waals surface area contributed by atoms with Gasteiger partial charge in [-0.3, -0.25) is 4.79 Å². The lowest BCUT2D eigenvalue weighted by atomic mass is 9.97. The van der Waals surface area contributed by atoms with E-state index in [9.17, 15) is 4.79 Å². The van der Waals surface area contributed by atoms with Gasteiger partial charge in [0, 0.05) is 12.1 Å². The Bertz CT molecular complexity index is 238. The van der Waals surface area contributed by atoms with Crippen LogP contribution in [0.1, 0.15) is 51.9 Å². The maximum Gasteiger partial charge on any atom is 0.234 e. The van der Waals surface area contributed by atoms with Crippen molar-refractivity contribution in [1.82, 2.24) is 10.6 Å². The van der Waals surface area contributed by atoms with Crippen molar-refractivity contribution >= 4 is 5.91 Å². The molecule has 2 N–H and O–H groups in total. The normalized spacial score (nSPS) is 30.8. The molecule has 0 aromatic rings. The molecule has 2 fully saturated rings. The third-order valence-corrected chi connectivity index (χ3v) is 3.83. The van der Waals surface area contributed by atoms with Gasteiger partial charge in [-0.25, -0.2) is 0 Å². The van der Waals surface area contributed by atoms with E-state index in [0.29, 0.717) is 18.6 Å². The summed E-state index contributed by atoms with van der Waals surface area (Å²) in [5, 5.41) is 6.45. The highest BCUT2D eigenvalue weighted by Gasteiger charge is 2.24. The van der Waals surface area contributed by atoms with Gasteiger partial charge < -0.3 is 10.6 Å². The van der Waals surface area contributed by atoms with Gasteiger partial charge in [-0.1, -0.05) is 26.2 Å². The third kappa shape index (κ3) is 3.78. The van der Waals surface area contributed by atoms with Gasteiger partial charge in [-0.05, 0) is 31.6 Å². The molecule has 0 radical (unpaired) electrons. The van der Waals surface area contributed by atoms with E-state index in [1.807, 2.05) is 0 Å². The van der Waals surface area contributed by atoms with Crippen LogP contribution in [0.2, 0.25) is 0 Å². The van der Waals surface area contributed by atoms with Crippen LogP contribution in [0, 0.1) is 5.92 Å². The highest BCUT2D eigenvalue weighted by atomic mass is 16.2. The minimum atomic E-state index is 0.180. The van der Waals surface area contributed by atoms with Crippen molar-refractivity contribution in [2.75, 3.05) is 6.54 Å². The number of hydrogen-bond acceptors (Lipinski definition) is 2. The van der Waals surface area contributed by atoms with Crippen molar-refractivity contribution in [2.45, 2.75) is 64.0 Å². The molecule has 0 bridgehead atoms. The van der Waals surface area contributed by atoms with Crippen LogP contribution in [0.15, 0.2) is 0 Å². The fourth-order valence-electron chi connectivity index (χ4n) is 2.53. The van der Waals surface area contributed by atoms with E-state index in [0.717, 1.165) is 5.92 Å². The number of carbonyl (C=O) groups is 1. The molecule has 0 aliphatic heterocycles. The summed E-state index contributed by atoms with van der Waals surface area (Å²) < 4.78 is 0. The van der Waals surface area contributed by atoms with E-state index in [1.54, 1.807) is 0 Å². The summed E-state index contributed by atoms with van der Waals surface area (Å²) in [6.07, 6.45) is 8.91. The van der Waals surface area contributed by atoms with Crippen molar-refractivity contribution in [1.29, 1.82) is 0 Å². The summed E-state index contributed by atoms with van der Waals surface area (Å²) >= 11 is 0. The Morgan fingerprint density at radius 1 is 1.12 bits per heavy atom. The number of amides is 1. The SMILES string of the molecule is CC1CCCCCC1NCC(=O)NC1CC1. The zero-order chi connectivity index (χ0) is 11.4. The molecule has 2 rings (SSSR count). The van der Waals surface area contributed by atoms with Gasteiger partial charge in [-0.15, -0.1) is 0 Å². The first-order valence-electron chi connectivity index (χ1n) is 6.78. The monoisotopic (exact) mass is 224 g/mol. The van der Waals surface area contributed by atoms with E-state index in [-0.39, 0.29) is 5.91 Å². The van der Waals surface area contributed by atoms with Gasteiger partial charge in [0.25, 0.3) is 0 Å². The molecule has 0 spiro atoms. The Hall–Kier alpha value is -0.570. The second kappa shape index (κ2) is 5.67. The van der Waals surface area contributed by atoms with E-state index in [4.69, 9.17) is 0 Å². The standard InChI is InChI=1S/C13H24N2O/c1-10-5-3-2-4-6-12(10)14-9-13(16)15-11-7-8-11/h10-12,14H,2-9H2,1H3,(H,15,16). The van der Waals surface area contributed by atoms with Crippen LogP contribution in [0.4, 0.5) is 0 Å². The molecule has 3 nitrogen and oxygen atoms in total. The topological polar surface area (TPSA) is 41.1 Å². The predicted molar refractivity (Wildman–Crippen MR) is 65.2 cm³/mol. The Morgan fingerprint density at radius 3 is 2.62 bits per heavy atom. The molecule has 0 saturated heterocycles. The quantitative estimate of drug-likeness (QED) is 0.715. The fraction of sp³-hybridized carbons (Fsp3) is 0.923. The van der Waals surface area contributed by atoms with Crippen LogP contribution < -0.4 is 10.6 Å². The molecule has 16 heavy (non-hydrogen) atoms. The average Bonchev–Trinajstić information content (AvgIpc) is 3.05. The summed E-state index contributed by atoms with van der Waals surface area (Å²) in [7, 11) is 0. The van der Waals surface area contributed by atoms with Crippen molar-refractivity contribution in [3.05, 3.63) is 0 Å². The number of nitrogens with one attached hydrogen (secondary N) is 2. The Balaban J connectivity index is 1.67. The smallest absolute Gasteiger partial charge is 0.234 e.